The number of nitrogens with zero attached hydrogens (tertiary/aromatic N) is 4. The van der Waals surface area contributed by atoms with Crippen LogP contribution in [0.25, 0.3) is 11.4 Å². The summed E-state index contributed by atoms with van der Waals surface area (Å²) >= 11 is 0. The maximum Gasteiger partial charge on any atom is 0.413 e. The lowest BCUT2D eigenvalue weighted by atomic mass is 9.82. The molecule has 168 valence electrons. The minimum absolute atomic E-state index is 0.0641. The minimum Gasteiger partial charge on any atom is -0.481 e. The lowest BCUT2D eigenvalue weighted by Crippen LogP contribution is -2.31. The number of aliphatic carboxylic acids is 1. The molecule has 2 aliphatic rings. The third kappa shape index (κ3) is 4.74. The zero-order chi connectivity index (χ0) is 22.9. The van der Waals surface area contributed by atoms with Crippen LogP contribution in [0.3, 0.4) is 0 Å². The highest BCUT2D eigenvalue weighted by Gasteiger charge is 2.43. The highest BCUT2D eigenvalue weighted by molar-refractivity contribution is 5.88. The summed E-state index contributed by atoms with van der Waals surface area (Å²) in [6.45, 7) is 3.75. The molecular formula is C23H27N5O4. The smallest absolute Gasteiger partial charge is 0.413 e. The van der Waals surface area contributed by atoms with Crippen LogP contribution in [0.4, 0.5) is 10.6 Å². The third-order valence-electron chi connectivity index (χ3n) is 6.29. The van der Waals surface area contributed by atoms with Gasteiger partial charge in [-0.05, 0) is 57.6 Å². The number of carbonyl (C=O) groups excluding carboxylic acids is 1. The molecular weight excluding hydrogens is 410 g/mol. The van der Waals surface area contributed by atoms with Crippen molar-refractivity contribution < 1.29 is 19.4 Å². The zero-order valence-electron chi connectivity index (χ0n) is 18.5. The van der Waals surface area contributed by atoms with Crippen molar-refractivity contribution in [1.82, 2.24) is 20.0 Å². The molecule has 2 heterocycles. The van der Waals surface area contributed by atoms with E-state index in [4.69, 9.17) is 9.84 Å². The van der Waals surface area contributed by atoms with Gasteiger partial charge in [0.05, 0.1) is 17.8 Å². The Morgan fingerprint density at radius 3 is 2.72 bits per heavy atom. The molecule has 0 bridgehead atoms. The molecule has 2 fully saturated rings. The Bertz CT molecular complexity index is 1110. The molecule has 0 aliphatic heterocycles. The van der Waals surface area contributed by atoms with Crippen molar-refractivity contribution in [3.8, 4) is 23.2 Å². The average molecular weight is 438 g/mol. The standard InChI is InChI=1S/C23H27N5O4/c1-14-16(9-10-23(11-12-23)13-19(29)30)7-8-18(24-14)20-21(28(3)27-26-20)25-22(31)32-15(2)17-5-4-6-17/h7-8,15,17H,4-6,11-13H2,1-3H3,(H,25,31)(H,29,30). The van der Waals surface area contributed by atoms with Crippen LogP contribution in [0.15, 0.2) is 12.1 Å². The van der Waals surface area contributed by atoms with Gasteiger partial charge in [-0.15, -0.1) is 5.10 Å². The van der Waals surface area contributed by atoms with Gasteiger partial charge in [-0.1, -0.05) is 23.5 Å². The Kier molecular flexibility index (Phi) is 5.87. The molecule has 9 nitrogen and oxygen atoms in total. The lowest BCUT2D eigenvalue weighted by Gasteiger charge is -2.30. The second-order valence-electron chi connectivity index (χ2n) is 8.77. The molecule has 2 aromatic heterocycles. The summed E-state index contributed by atoms with van der Waals surface area (Å²) in [5.74, 6) is 6.21. The molecule has 1 atom stereocenters. The van der Waals surface area contributed by atoms with Crippen molar-refractivity contribution in [3.63, 3.8) is 0 Å². The van der Waals surface area contributed by atoms with Gasteiger partial charge in [-0.3, -0.25) is 10.1 Å². The molecule has 9 heteroatoms. The number of carboxylic acids is 1. The zero-order valence-corrected chi connectivity index (χ0v) is 18.5. The number of nitrogens with one attached hydrogen (secondary N) is 1. The van der Waals surface area contributed by atoms with Gasteiger partial charge >= 0.3 is 12.1 Å². The van der Waals surface area contributed by atoms with Crippen LogP contribution in [0.1, 0.15) is 56.7 Å². The maximum absolute atomic E-state index is 12.4. The van der Waals surface area contributed by atoms with Crippen LogP contribution in [-0.4, -0.2) is 43.3 Å². The molecule has 1 unspecified atom stereocenters. The maximum atomic E-state index is 12.4. The van der Waals surface area contributed by atoms with Gasteiger partial charge < -0.3 is 9.84 Å². The number of aryl methyl sites for hydroxylation is 2. The van der Waals surface area contributed by atoms with Gasteiger partial charge in [0.2, 0.25) is 0 Å². The molecule has 0 spiro atoms. The van der Waals surface area contributed by atoms with Crippen LogP contribution in [-0.2, 0) is 16.6 Å². The van der Waals surface area contributed by atoms with E-state index in [0.717, 1.165) is 31.2 Å². The number of pyridine rings is 1. The molecule has 2 aliphatic carbocycles. The number of ether oxygens (including phenoxy) is 1. The SMILES string of the molecule is Cc1nc(-c2nnn(C)c2NC(=O)OC(C)C2CCC2)ccc1C#CC1(CC(=O)O)CC1. The number of amides is 1. The number of aromatic nitrogens is 4. The summed E-state index contributed by atoms with van der Waals surface area (Å²) < 4.78 is 6.98. The van der Waals surface area contributed by atoms with Crippen LogP contribution in [0.5, 0.6) is 0 Å². The largest absolute Gasteiger partial charge is 0.481 e. The first-order valence-corrected chi connectivity index (χ1v) is 10.9. The van der Waals surface area contributed by atoms with Crippen LogP contribution < -0.4 is 5.32 Å². The van der Waals surface area contributed by atoms with Crippen molar-refractivity contribution in [3.05, 3.63) is 23.4 Å². The summed E-state index contributed by atoms with van der Waals surface area (Å²) in [6, 6.07) is 3.60. The second-order valence-corrected chi connectivity index (χ2v) is 8.77. The van der Waals surface area contributed by atoms with E-state index in [9.17, 15) is 9.59 Å². The number of rotatable bonds is 6. The highest BCUT2D eigenvalue weighted by Crippen LogP contribution is 2.48. The fraction of sp³-hybridized carbons (Fsp3) is 0.522. The number of carboxylic acid groups (broad SMARTS) is 1. The van der Waals surface area contributed by atoms with E-state index < -0.39 is 17.5 Å². The van der Waals surface area contributed by atoms with E-state index in [1.807, 2.05) is 19.9 Å². The van der Waals surface area contributed by atoms with Crippen LogP contribution in [0.2, 0.25) is 0 Å². The van der Waals surface area contributed by atoms with E-state index in [1.165, 1.54) is 11.1 Å². The molecule has 0 aromatic carbocycles. The normalized spacial score (nSPS) is 17.5. The van der Waals surface area contributed by atoms with E-state index in [1.54, 1.807) is 13.1 Å². The van der Waals surface area contributed by atoms with Crippen molar-refractivity contribution in [2.24, 2.45) is 18.4 Å². The first kappa shape index (κ1) is 21.8. The Balaban J connectivity index is 1.49. The van der Waals surface area contributed by atoms with E-state index in [0.29, 0.717) is 28.8 Å². The van der Waals surface area contributed by atoms with Gasteiger partial charge in [0.25, 0.3) is 0 Å². The topological polar surface area (TPSA) is 119 Å². The number of carbonyl (C=O) groups is 2. The monoisotopic (exact) mass is 437 g/mol. The highest BCUT2D eigenvalue weighted by atomic mass is 16.6. The summed E-state index contributed by atoms with van der Waals surface area (Å²) in [7, 11) is 1.69. The van der Waals surface area contributed by atoms with Crippen LogP contribution >= 0.6 is 0 Å². The van der Waals surface area contributed by atoms with Gasteiger partial charge in [-0.2, -0.15) is 0 Å². The molecule has 2 saturated carbocycles. The molecule has 4 rings (SSSR count). The molecule has 2 N–H and O–H groups in total. The quantitative estimate of drug-likeness (QED) is 0.664. The Morgan fingerprint density at radius 2 is 2.12 bits per heavy atom. The molecule has 1 amide bonds. The third-order valence-corrected chi connectivity index (χ3v) is 6.29. The Hall–Kier alpha value is -3.41. The molecule has 2 aromatic rings. The predicted octanol–water partition coefficient (Wildman–Crippen LogP) is 3.53. The number of hydrogen-bond donors (Lipinski definition) is 2. The summed E-state index contributed by atoms with van der Waals surface area (Å²) in [5.41, 5.74) is 2.01. The van der Waals surface area contributed by atoms with Gasteiger partial charge in [0, 0.05) is 18.0 Å². The fourth-order valence-electron chi connectivity index (χ4n) is 3.78. The van der Waals surface area contributed by atoms with Gasteiger partial charge in [0.1, 0.15) is 6.10 Å². The Labute approximate surface area is 186 Å². The summed E-state index contributed by atoms with van der Waals surface area (Å²) in [4.78, 5) is 28.0. The van der Waals surface area contributed by atoms with Crippen molar-refractivity contribution in [1.29, 1.82) is 0 Å². The predicted molar refractivity (Wildman–Crippen MR) is 117 cm³/mol. The molecule has 0 radical (unpaired) electrons. The average Bonchev–Trinajstić information content (AvgIpc) is 3.34. The summed E-state index contributed by atoms with van der Waals surface area (Å²) in [5, 5.41) is 20.0. The molecule has 32 heavy (non-hydrogen) atoms. The number of anilines is 1. The summed E-state index contributed by atoms with van der Waals surface area (Å²) in [6.07, 6.45) is 4.36. The van der Waals surface area contributed by atoms with Gasteiger partial charge in [0.15, 0.2) is 11.5 Å². The van der Waals surface area contributed by atoms with Crippen molar-refractivity contribution in [2.75, 3.05) is 5.32 Å². The van der Waals surface area contributed by atoms with Crippen LogP contribution in [0, 0.1) is 30.1 Å². The van der Waals surface area contributed by atoms with E-state index >= 15 is 0 Å². The van der Waals surface area contributed by atoms with Crippen molar-refractivity contribution >= 4 is 17.9 Å². The first-order chi connectivity index (χ1) is 15.3. The van der Waals surface area contributed by atoms with E-state index in [2.05, 4.69) is 32.5 Å². The van der Waals surface area contributed by atoms with Crippen molar-refractivity contribution in [2.45, 2.75) is 58.5 Å². The van der Waals surface area contributed by atoms with E-state index in [-0.39, 0.29) is 12.5 Å². The first-order valence-electron chi connectivity index (χ1n) is 10.9. The fourth-order valence-corrected chi connectivity index (χ4v) is 3.78. The number of hydrogen-bond acceptors (Lipinski definition) is 6. The van der Waals surface area contributed by atoms with Gasteiger partial charge in [-0.25, -0.2) is 14.5 Å². The second kappa shape index (κ2) is 8.61. The molecule has 0 saturated heterocycles. The lowest BCUT2D eigenvalue weighted by molar-refractivity contribution is -0.137. The Morgan fingerprint density at radius 1 is 1.38 bits per heavy atom. The minimum atomic E-state index is -0.828.